The van der Waals surface area contributed by atoms with Crippen molar-refractivity contribution < 1.29 is 9.84 Å². The molecule has 0 radical (unpaired) electrons. The van der Waals surface area contributed by atoms with Gasteiger partial charge in [0.05, 0.1) is 0 Å². The fraction of sp³-hybridized carbons (Fsp3) is 0.625. The van der Waals surface area contributed by atoms with Gasteiger partial charge in [0, 0.05) is 38.8 Å². The molecule has 5 heteroatoms. The molecule has 0 spiro atoms. The molecule has 0 aliphatic carbocycles. The minimum absolute atomic E-state index is 0.320. The normalized spacial score (nSPS) is 22.2. The Morgan fingerprint density at radius 2 is 2.05 bits per heavy atom. The number of aliphatic hydroxyl groups excluding tert-OH is 1. The lowest BCUT2D eigenvalue weighted by Crippen LogP contribution is -2.53. The molecule has 21 heavy (non-hydrogen) atoms. The Balaban J connectivity index is 1.75. The van der Waals surface area contributed by atoms with Crippen LogP contribution in [-0.2, 0) is 6.54 Å². The van der Waals surface area contributed by atoms with E-state index in [0.29, 0.717) is 25.7 Å². The second-order valence-corrected chi connectivity index (χ2v) is 5.92. The van der Waals surface area contributed by atoms with Crippen molar-refractivity contribution in [2.24, 2.45) is 5.73 Å². The first-order valence-corrected chi connectivity index (χ1v) is 7.61. The highest BCUT2D eigenvalue weighted by atomic mass is 16.5. The van der Waals surface area contributed by atoms with E-state index in [-0.39, 0.29) is 0 Å². The van der Waals surface area contributed by atoms with Gasteiger partial charge >= 0.3 is 0 Å². The molecular weight excluding hydrogens is 266 g/mol. The molecule has 1 aliphatic rings. The number of benzene rings is 1. The summed E-state index contributed by atoms with van der Waals surface area (Å²) >= 11 is 0. The zero-order valence-electron chi connectivity index (χ0n) is 13.0. The zero-order valence-corrected chi connectivity index (χ0v) is 13.0. The third-order valence-corrected chi connectivity index (χ3v) is 4.01. The summed E-state index contributed by atoms with van der Waals surface area (Å²) in [5, 5.41) is 10.1. The van der Waals surface area contributed by atoms with E-state index in [1.807, 2.05) is 24.3 Å². The summed E-state index contributed by atoms with van der Waals surface area (Å²) in [6.07, 6.45) is -0.468. The van der Waals surface area contributed by atoms with Gasteiger partial charge in [0.2, 0.25) is 0 Å². The number of piperazine rings is 1. The number of hydrogen-bond donors (Lipinski definition) is 2. The molecule has 118 valence electrons. The highest BCUT2D eigenvalue weighted by Gasteiger charge is 2.23. The first kappa shape index (κ1) is 16.2. The minimum atomic E-state index is -0.468. The quantitative estimate of drug-likeness (QED) is 0.801. The predicted octanol–water partition coefficient (Wildman–Crippen LogP) is 0.521. The maximum absolute atomic E-state index is 10.1. The van der Waals surface area contributed by atoms with Crippen LogP contribution >= 0.6 is 0 Å². The number of ether oxygens (including phenoxy) is 1. The summed E-state index contributed by atoms with van der Waals surface area (Å²) in [5.74, 6) is 0.776. The number of nitrogens with two attached hydrogens (primary N) is 1. The summed E-state index contributed by atoms with van der Waals surface area (Å²) in [6, 6.07) is 8.16. The molecule has 3 N–H and O–H groups in total. The van der Waals surface area contributed by atoms with E-state index in [1.165, 1.54) is 0 Å². The Bertz CT molecular complexity index is 424. The summed E-state index contributed by atoms with van der Waals surface area (Å²) in [5.41, 5.74) is 6.64. The maximum atomic E-state index is 10.1. The van der Waals surface area contributed by atoms with E-state index in [4.69, 9.17) is 10.5 Å². The molecule has 0 saturated carbocycles. The van der Waals surface area contributed by atoms with Gasteiger partial charge in [-0.2, -0.15) is 0 Å². The van der Waals surface area contributed by atoms with Crippen molar-refractivity contribution >= 4 is 0 Å². The third kappa shape index (κ3) is 4.97. The van der Waals surface area contributed by atoms with E-state index < -0.39 is 6.10 Å². The third-order valence-electron chi connectivity index (χ3n) is 4.01. The van der Waals surface area contributed by atoms with E-state index in [0.717, 1.165) is 30.9 Å². The fourth-order valence-corrected chi connectivity index (χ4v) is 2.69. The topological polar surface area (TPSA) is 62.0 Å². The average Bonchev–Trinajstić information content (AvgIpc) is 2.48. The molecule has 1 saturated heterocycles. The molecule has 2 unspecified atom stereocenters. The van der Waals surface area contributed by atoms with Gasteiger partial charge in [0.15, 0.2) is 0 Å². The van der Waals surface area contributed by atoms with E-state index in [2.05, 4.69) is 23.8 Å². The monoisotopic (exact) mass is 293 g/mol. The van der Waals surface area contributed by atoms with E-state index in [9.17, 15) is 5.11 Å². The van der Waals surface area contributed by atoms with Crippen LogP contribution in [-0.4, -0.2) is 66.9 Å². The lowest BCUT2D eigenvalue weighted by Gasteiger charge is -2.39. The van der Waals surface area contributed by atoms with Gasteiger partial charge in [-0.05, 0) is 31.7 Å². The standard InChI is InChI=1S/C16H27N3O2/c1-13-10-18(2)7-8-19(13)11-15(20)12-21-16-5-3-14(9-17)4-6-16/h3-6,13,15,20H,7-12,17H2,1-2H3. The smallest absolute Gasteiger partial charge is 0.119 e. The molecule has 0 aromatic heterocycles. The van der Waals surface area contributed by atoms with Crippen molar-refractivity contribution in [3.63, 3.8) is 0 Å². The molecule has 1 fully saturated rings. The summed E-state index contributed by atoms with van der Waals surface area (Å²) < 4.78 is 5.64. The highest BCUT2D eigenvalue weighted by Crippen LogP contribution is 2.13. The molecule has 5 nitrogen and oxygen atoms in total. The molecule has 0 amide bonds. The Morgan fingerprint density at radius 3 is 2.67 bits per heavy atom. The summed E-state index contributed by atoms with van der Waals surface area (Å²) in [6.45, 7) is 6.82. The van der Waals surface area contributed by atoms with Crippen LogP contribution in [0.1, 0.15) is 12.5 Å². The molecule has 1 aromatic rings. The van der Waals surface area contributed by atoms with Gasteiger partial charge in [-0.1, -0.05) is 12.1 Å². The molecule has 0 bridgehead atoms. The lowest BCUT2D eigenvalue weighted by molar-refractivity contribution is 0.0273. The number of hydrogen-bond acceptors (Lipinski definition) is 5. The minimum Gasteiger partial charge on any atom is -0.491 e. The predicted molar refractivity (Wildman–Crippen MR) is 84.4 cm³/mol. The zero-order chi connectivity index (χ0) is 15.2. The molecule has 2 atom stereocenters. The van der Waals surface area contributed by atoms with Crippen molar-refractivity contribution in [2.75, 3.05) is 39.8 Å². The second kappa shape index (κ2) is 7.75. The Kier molecular flexibility index (Phi) is 5.99. The van der Waals surface area contributed by atoms with Crippen molar-refractivity contribution in [2.45, 2.75) is 25.6 Å². The van der Waals surface area contributed by atoms with Crippen LogP contribution in [0, 0.1) is 0 Å². The second-order valence-electron chi connectivity index (χ2n) is 5.92. The van der Waals surface area contributed by atoms with Crippen LogP contribution in [0.25, 0.3) is 0 Å². The average molecular weight is 293 g/mol. The number of likely N-dealkylation sites (N-methyl/N-ethyl adjacent to an activating group) is 1. The molecule has 2 rings (SSSR count). The number of rotatable bonds is 6. The first-order valence-electron chi connectivity index (χ1n) is 7.61. The molecule has 1 aliphatic heterocycles. The van der Waals surface area contributed by atoms with Crippen molar-refractivity contribution in [3.05, 3.63) is 29.8 Å². The fourth-order valence-electron chi connectivity index (χ4n) is 2.69. The summed E-state index contributed by atoms with van der Waals surface area (Å²) in [7, 11) is 2.14. The van der Waals surface area contributed by atoms with Crippen LogP contribution in [0.3, 0.4) is 0 Å². The van der Waals surface area contributed by atoms with Gasteiger partial charge in [0.1, 0.15) is 18.5 Å². The van der Waals surface area contributed by atoms with E-state index in [1.54, 1.807) is 0 Å². The van der Waals surface area contributed by atoms with Gasteiger partial charge in [-0.3, -0.25) is 4.90 Å². The van der Waals surface area contributed by atoms with Gasteiger partial charge in [-0.15, -0.1) is 0 Å². The van der Waals surface area contributed by atoms with Gasteiger partial charge < -0.3 is 20.5 Å². The van der Waals surface area contributed by atoms with Crippen LogP contribution < -0.4 is 10.5 Å². The van der Waals surface area contributed by atoms with E-state index >= 15 is 0 Å². The molecule has 1 heterocycles. The molecular formula is C16H27N3O2. The van der Waals surface area contributed by atoms with Gasteiger partial charge in [-0.25, -0.2) is 0 Å². The first-order chi connectivity index (χ1) is 10.1. The SMILES string of the molecule is CC1CN(C)CCN1CC(O)COc1ccc(CN)cc1. The van der Waals surface area contributed by atoms with Crippen molar-refractivity contribution in [1.82, 2.24) is 9.80 Å². The Hall–Kier alpha value is -1.14. The molecule has 1 aromatic carbocycles. The van der Waals surface area contributed by atoms with Crippen LogP contribution in [0.4, 0.5) is 0 Å². The highest BCUT2D eigenvalue weighted by molar-refractivity contribution is 5.27. The number of nitrogens with zero attached hydrogens (tertiary/aromatic N) is 2. The number of β-amino-alcohol motifs (C(OH)–C–C–N with tert-alkyl or cyclic N) is 1. The largest absolute Gasteiger partial charge is 0.491 e. The Labute approximate surface area is 127 Å². The van der Waals surface area contributed by atoms with Crippen molar-refractivity contribution in [1.29, 1.82) is 0 Å². The van der Waals surface area contributed by atoms with Gasteiger partial charge in [0.25, 0.3) is 0 Å². The maximum Gasteiger partial charge on any atom is 0.119 e. The summed E-state index contributed by atoms with van der Waals surface area (Å²) in [4.78, 5) is 4.65. The van der Waals surface area contributed by atoms with Crippen LogP contribution in [0.2, 0.25) is 0 Å². The van der Waals surface area contributed by atoms with Crippen molar-refractivity contribution in [3.8, 4) is 5.75 Å². The number of aliphatic hydroxyl groups is 1. The van der Waals surface area contributed by atoms with Crippen LogP contribution in [0.15, 0.2) is 24.3 Å². The lowest BCUT2D eigenvalue weighted by atomic mass is 10.2. The van der Waals surface area contributed by atoms with Crippen LogP contribution in [0.5, 0.6) is 5.75 Å². The Morgan fingerprint density at radius 1 is 1.33 bits per heavy atom.